The lowest BCUT2D eigenvalue weighted by molar-refractivity contribution is -0.307. The Morgan fingerprint density at radius 1 is 1.17 bits per heavy atom. The zero-order chi connectivity index (χ0) is 16.7. The van der Waals surface area contributed by atoms with Crippen molar-refractivity contribution in [3.8, 4) is 5.75 Å². The number of carbonyl (C=O) groups excluding carboxylic acids is 2. The number of aliphatic carboxylic acids is 1. The van der Waals surface area contributed by atoms with E-state index in [1.54, 1.807) is 48.5 Å². The topological polar surface area (TPSA) is 90.8 Å². The summed E-state index contributed by atoms with van der Waals surface area (Å²) in [5, 5.41) is 14.6. The van der Waals surface area contributed by atoms with E-state index in [2.05, 4.69) is 10.5 Å². The van der Waals surface area contributed by atoms with Crippen LogP contribution in [0.2, 0.25) is 5.02 Å². The van der Waals surface area contributed by atoms with E-state index in [4.69, 9.17) is 16.3 Å². The van der Waals surface area contributed by atoms with Gasteiger partial charge in [0.2, 0.25) is 0 Å². The molecule has 0 heterocycles. The summed E-state index contributed by atoms with van der Waals surface area (Å²) < 4.78 is 5.07. The van der Waals surface area contributed by atoms with Gasteiger partial charge in [-0.25, -0.2) is 5.43 Å². The number of hydrogen-bond donors (Lipinski definition) is 1. The van der Waals surface area contributed by atoms with Crippen LogP contribution in [-0.2, 0) is 4.79 Å². The third kappa shape index (κ3) is 4.82. The maximum absolute atomic E-state index is 11.9. The van der Waals surface area contributed by atoms with Crippen LogP contribution in [0.15, 0.2) is 53.6 Å². The molecular weight excluding hydrogens is 320 g/mol. The number of rotatable bonds is 6. The average Bonchev–Trinajstić information content (AvgIpc) is 2.54. The Hall–Kier alpha value is -2.86. The summed E-state index contributed by atoms with van der Waals surface area (Å²) in [5.41, 5.74) is 3.15. The molecule has 1 N–H and O–H groups in total. The van der Waals surface area contributed by atoms with Gasteiger partial charge < -0.3 is 14.6 Å². The Morgan fingerprint density at radius 3 is 2.61 bits per heavy atom. The zero-order valence-electron chi connectivity index (χ0n) is 11.9. The van der Waals surface area contributed by atoms with Crippen LogP contribution in [0.5, 0.6) is 5.75 Å². The second kappa shape index (κ2) is 7.95. The SMILES string of the molecule is O=C([O-])COc1ccccc1/C=N\NC(=O)c1ccccc1Cl. The summed E-state index contributed by atoms with van der Waals surface area (Å²) in [4.78, 5) is 22.4. The fourth-order valence-electron chi connectivity index (χ4n) is 1.72. The number of hydrazone groups is 1. The molecule has 0 fully saturated rings. The lowest BCUT2D eigenvalue weighted by atomic mass is 10.2. The molecule has 0 saturated heterocycles. The molecule has 0 spiro atoms. The number of hydrogen-bond acceptors (Lipinski definition) is 5. The molecule has 0 aliphatic heterocycles. The molecule has 0 radical (unpaired) electrons. The third-order valence-corrected chi connectivity index (χ3v) is 3.08. The highest BCUT2D eigenvalue weighted by atomic mass is 35.5. The standard InChI is InChI=1S/C16H13ClN2O4/c17-13-7-3-2-6-12(13)16(22)19-18-9-11-5-1-4-8-14(11)23-10-15(20)21/h1-9H,10H2,(H,19,22)(H,20,21)/p-1/b18-9-. The Bertz CT molecular complexity index is 746. The molecule has 0 aromatic heterocycles. The summed E-state index contributed by atoms with van der Waals surface area (Å²) >= 11 is 5.92. The summed E-state index contributed by atoms with van der Waals surface area (Å²) in [6.45, 7) is -0.573. The molecule has 7 heteroatoms. The quantitative estimate of drug-likeness (QED) is 0.636. The first kappa shape index (κ1) is 16.5. The fourth-order valence-corrected chi connectivity index (χ4v) is 1.94. The second-order valence-electron chi connectivity index (χ2n) is 4.38. The molecule has 0 aliphatic rings. The van der Waals surface area contributed by atoms with Gasteiger partial charge in [-0.15, -0.1) is 0 Å². The van der Waals surface area contributed by atoms with Gasteiger partial charge >= 0.3 is 0 Å². The number of nitrogens with one attached hydrogen (secondary N) is 1. The smallest absolute Gasteiger partial charge is 0.272 e. The molecule has 0 saturated carbocycles. The first-order valence-corrected chi connectivity index (χ1v) is 6.95. The molecule has 6 nitrogen and oxygen atoms in total. The van der Waals surface area contributed by atoms with Crippen LogP contribution in [0.1, 0.15) is 15.9 Å². The van der Waals surface area contributed by atoms with Crippen LogP contribution in [0.4, 0.5) is 0 Å². The Kier molecular flexibility index (Phi) is 5.71. The highest BCUT2D eigenvalue weighted by molar-refractivity contribution is 6.33. The molecular formula is C16H12ClN2O4-. The van der Waals surface area contributed by atoms with Crippen LogP contribution in [-0.4, -0.2) is 24.7 Å². The van der Waals surface area contributed by atoms with Gasteiger partial charge in [0.25, 0.3) is 5.91 Å². The largest absolute Gasteiger partial charge is 0.546 e. The van der Waals surface area contributed by atoms with Crippen molar-refractivity contribution in [1.29, 1.82) is 0 Å². The van der Waals surface area contributed by atoms with Gasteiger partial charge in [0, 0.05) is 5.56 Å². The van der Waals surface area contributed by atoms with Crippen LogP contribution in [0, 0.1) is 0 Å². The molecule has 0 bridgehead atoms. The molecule has 2 aromatic carbocycles. The van der Waals surface area contributed by atoms with E-state index in [0.717, 1.165) is 0 Å². The van der Waals surface area contributed by atoms with Gasteiger partial charge in [0.15, 0.2) is 0 Å². The minimum atomic E-state index is -1.33. The van der Waals surface area contributed by atoms with Gasteiger partial charge in [0.1, 0.15) is 12.4 Å². The predicted octanol–water partition coefficient (Wildman–Crippen LogP) is 1.23. The minimum Gasteiger partial charge on any atom is -0.546 e. The maximum atomic E-state index is 11.9. The van der Waals surface area contributed by atoms with E-state index in [1.807, 2.05) is 0 Å². The number of ether oxygens (including phenoxy) is 1. The van der Waals surface area contributed by atoms with Crippen molar-refractivity contribution in [3.63, 3.8) is 0 Å². The number of halogens is 1. The molecule has 2 aromatic rings. The molecule has 0 aliphatic carbocycles. The lowest BCUT2D eigenvalue weighted by Gasteiger charge is -2.09. The van der Waals surface area contributed by atoms with Crippen LogP contribution in [0.25, 0.3) is 0 Å². The Labute approximate surface area is 137 Å². The summed E-state index contributed by atoms with van der Waals surface area (Å²) in [5.74, 6) is -1.48. The first-order chi connectivity index (χ1) is 11.1. The van der Waals surface area contributed by atoms with Gasteiger partial charge in [0.05, 0.1) is 22.8 Å². The first-order valence-electron chi connectivity index (χ1n) is 6.57. The minimum absolute atomic E-state index is 0.299. The fraction of sp³-hybridized carbons (Fsp3) is 0.0625. The van der Waals surface area contributed by atoms with E-state index in [-0.39, 0.29) is 0 Å². The van der Waals surface area contributed by atoms with Crippen molar-refractivity contribution in [2.75, 3.05) is 6.61 Å². The molecule has 0 atom stereocenters. The van der Waals surface area contributed by atoms with Crippen molar-refractivity contribution < 1.29 is 19.4 Å². The average molecular weight is 332 g/mol. The number of carboxylic acid groups (broad SMARTS) is 1. The molecule has 118 valence electrons. The van der Waals surface area contributed by atoms with Crippen LogP contribution in [0.3, 0.4) is 0 Å². The van der Waals surface area contributed by atoms with Crippen molar-refractivity contribution in [2.45, 2.75) is 0 Å². The van der Waals surface area contributed by atoms with E-state index in [0.29, 0.717) is 21.9 Å². The van der Waals surface area contributed by atoms with E-state index in [1.165, 1.54) is 6.21 Å². The molecule has 23 heavy (non-hydrogen) atoms. The summed E-state index contributed by atoms with van der Waals surface area (Å²) in [6, 6.07) is 13.2. The monoisotopic (exact) mass is 331 g/mol. The number of para-hydroxylation sites is 1. The number of amides is 1. The summed E-state index contributed by atoms with van der Waals surface area (Å²) in [6.07, 6.45) is 1.35. The van der Waals surface area contributed by atoms with Crippen LogP contribution < -0.4 is 15.3 Å². The lowest BCUT2D eigenvalue weighted by Crippen LogP contribution is -2.29. The van der Waals surface area contributed by atoms with E-state index in [9.17, 15) is 14.7 Å². The second-order valence-corrected chi connectivity index (χ2v) is 4.78. The Morgan fingerprint density at radius 2 is 1.87 bits per heavy atom. The Balaban J connectivity index is 2.05. The maximum Gasteiger partial charge on any atom is 0.272 e. The van der Waals surface area contributed by atoms with Crippen molar-refractivity contribution in [1.82, 2.24) is 5.43 Å². The number of carboxylic acids is 1. The van der Waals surface area contributed by atoms with Gasteiger partial charge in [-0.1, -0.05) is 35.9 Å². The predicted molar refractivity (Wildman–Crippen MR) is 83.5 cm³/mol. The number of nitrogens with zero attached hydrogens (tertiary/aromatic N) is 1. The van der Waals surface area contributed by atoms with Crippen molar-refractivity contribution in [3.05, 3.63) is 64.7 Å². The van der Waals surface area contributed by atoms with Crippen LogP contribution >= 0.6 is 11.6 Å². The highest BCUT2D eigenvalue weighted by Gasteiger charge is 2.08. The summed E-state index contributed by atoms with van der Waals surface area (Å²) in [7, 11) is 0. The number of carbonyl (C=O) groups is 2. The van der Waals surface area contributed by atoms with Gasteiger partial charge in [-0.2, -0.15) is 5.10 Å². The van der Waals surface area contributed by atoms with E-state index < -0.39 is 18.5 Å². The molecule has 1 amide bonds. The van der Waals surface area contributed by atoms with Gasteiger partial charge in [-0.3, -0.25) is 4.79 Å². The van der Waals surface area contributed by atoms with Crippen molar-refractivity contribution in [2.24, 2.45) is 5.10 Å². The number of benzene rings is 2. The third-order valence-electron chi connectivity index (χ3n) is 2.75. The highest BCUT2D eigenvalue weighted by Crippen LogP contribution is 2.16. The zero-order valence-corrected chi connectivity index (χ0v) is 12.6. The van der Waals surface area contributed by atoms with Crippen molar-refractivity contribution >= 4 is 29.7 Å². The molecule has 2 rings (SSSR count). The van der Waals surface area contributed by atoms with Gasteiger partial charge in [-0.05, 0) is 24.3 Å². The molecule has 0 unspecified atom stereocenters. The van der Waals surface area contributed by atoms with E-state index >= 15 is 0 Å². The normalized spacial score (nSPS) is 10.5.